The number of esters is 1. The predicted molar refractivity (Wildman–Crippen MR) is 133 cm³/mol. The normalized spacial score (nSPS) is 17.9. The quantitative estimate of drug-likeness (QED) is 0.361. The lowest BCUT2D eigenvalue weighted by molar-refractivity contribution is -0.569. The Bertz CT molecular complexity index is 1650. The zero-order chi connectivity index (χ0) is 27.4. The van der Waals surface area contributed by atoms with Crippen molar-refractivity contribution in [2.24, 2.45) is 11.0 Å². The maximum absolute atomic E-state index is 15.2. The standard InChI is InChI=1S/C28H24F2N3O5S/c1-14(2)28(36)38-26-21(34)11-20(33-25(26)27(35)32-7-8-37-12-23(32)31-33)17-10-19(29)24(30)18-13-39-22-6-4-3-5-15(22)9-16(17)18/h3-6,10-11,14,23H,7-9,12-13H2,1-2H3/q-1/t23-/m0/s1. The lowest BCUT2D eigenvalue weighted by atomic mass is 9.92. The van der Waals surface area contributed by atoms with E-state index in [-0.39, 0.29) is 54.1 Å². The number of halogens is 2. The van der Waals surface area contributed by atoms with Gasteiger partial charge in [-0.1, -0.05) is 37.8 Å². The maximum atomic E-state index is 15.2. The molecule has 0 saturated carbocycles. The molecule has 4 heterocycles. The summed E-state index contributed by atoms with van der Waals surface area (Å²) in [5, 5.41) is 31.6. The molecule has 0 bridgehead atoms. The van der Waals surface area contributed by atoms with Crippen LogP contribution in [0.25, 0.3) is 17.1 Å². The number of thioether (sulfide) groups is 1. The zero-order valence-electron chi connectivity index (χ0n) is 21.2. The van der Waals surface area contributed by atoms with Crippen LogP contribution in [-0.2, 0) is 21.7 Å². The van der Waals surface area contributed by atoms with Gasteiger partial charge in [0, 0.05) is 34.7 Å². The fourth-order valence-electron chi connectivity index (χ4n) is 5.02. The largest absolute Gasteiger partial charge is 0.870 e. The van der Waals surface area contributed by atoms with Crippen molar-refractivity contribution in [3.8, 4) is 22.8 Å². The molecular weight excluding hydrogens is 528 g/mol. The monoisotopic (exact) mass is 552 g/mol. The van der Waals surface area contributed by atoms with Crippen LogP contribution >= 0.6 is 11.8 Å². The summed E-state index contributed by atoms with van der Waals surface area (Å²) in [6.45, 7) is 3.86. The van der Waals surface area contributed by atoms with E-state index in [1.165, 1.54) is 27.1 Å². The number of fused-ring (bicyclic) bond motifs is 4. The first-order chi connectivity index (χ1) is 18.7. The first-order valence-corrected chi connectivity index (χ1v) is 13.6. The van der Waals surface area contributed by atoms with Crippen LogP contribution in [0.15, 0.2) is 46.4 Å². The molecule has 3 aromatic rings. The Hall–Kier alpha value is -3.70. The molecule has 0 N–H and O–H groups in total. The molecule has 39 heavy (non-hydrogen) atoms. The van der Waals surface area contributed by atoms with Crippen LogP contribution < -0.4 is 24.7 Å². The van der Waals surface area contributed by atoms with Crippen LogP contribution in [0.1, 0.15) is 30.5 Å². The van der Waals surface area contributed by atoms with E-state index < -0.39 is 47.1 Å². The lowest BCUT2D eigenvalue weighted by Gasteiger charge is -2.37. The Morgan fingerprint density at radius 2 is 2.03 bits per heavy atom. The number of ether oxygens (including phenoxy) is 2. The van der Waals surface area contributed by atoms with Crippen LogP contribution in [0.4, 0.5) is 8.78 Å². The topological polar surface area (TPSA) is 103 Å². The average molecular weight is 553 g/mol. The van der Waals surface area contributed by atoms with Gasteiger partial charge in [-0.2, -0.15) is 0 Å². The molecule has 1 atom stereocenters. The number of morpholine rings is 1. The molecule has 1 saturated heterocycles. The van der Waals surface area contributed by atoms with Gasteiger partial charge in [0.2, 0.25) is 11.9 Å². The summed E-state index contributed by atoms with van der Waals surface area (Å²) in [5.41, 5.74) is 1.96. The summed E-state index contributed by atoms with van der Waals surface area (Å²) in [5.74, 6) is -4.81. The van der Waals surface area contributed by atoms with E-state index in [2.05, 4.69) is 5.11 Å². The fraction of sp³-hybridized carbons (Fsp3) is 0.321. The Labute approximate surface area is 226 Å². The molecule has 1 fully saturated rings. The van der Waals surface area contributed by atoms with E-state index in [4.69, 9.17) is 9.47 Å². The van der Waals surface area contributed by atoms with Crippen molar-refractivity contribution >= 4 is 23.6 Å². The number of hydrogen-bond acceptors (Lipinski definition) is 8. The van der Waals surface area contributed by atoms with Gasteiger partial charge >= 0.3 is 5.97 Å². The number of rotatable bonds is 3. The van der Waals surface area contributed by atoms with E-state index in [9.17, 15) is 15.0 Å². The van der Waals surface area contributed by atoms with Gasteiger partial charge < -0.3 is 24.6 Å². The number of pyridine rings is 1. The average Bonchev–Trinajstić information content (AvgIpc) is 3.12. The Balaban J connectivity index is 1.66. The maximum Gasteiger partial charge on any atom is 0.313 e. The number of carbonyl (C=O) groups is 1. The number of carbonyl (C=O) groups excluding carboxylic acids is 1. The summed E-state index contributed by atoms with van der Waals surface area (Å²) in [4.78, 5) is 14.9. The molecule has 6 rings (SSSR count). The summed E-state index contributed by atoms with van der Waals surface area (Å²) >= 11 is 1.40. The predicted octanol–water partition coefficient (Wildman–Crippen LogP) is 1.88. The van der Waals surface area contributed by atoms with Crippen molar-refractivity contribution in [3.05, 3.63) is 70.1 Å². The van der Waals surface area contributed by atoms with Crippen LogP contribution in [0.5, 0.6) is 11.5 Å². The number of nitrogens with zero attached hydrogens (tertiary/aromatic N) is 3. The van der Waals surface area contributed by atoms with Crippen molar-refractivity contribution in [1.29, 1.82) is 0 Å². The summed E-state index contributed by atoms with van der Waals surface area (Å²) in [6.07, 6.45) is -0.417. The highest BCUT2D eigenvalue weighted by Crippen LogP contribution is 2.40. The number of hydrogen-bond donors (Lipinski definition) is 0. The van der Waals surface area contributed by atoms with Gasteiger partial charge in [-0.05, 0) is 39.2 Å². The van der Waals surface area contributed by atoms with Crippen molar-refractivity contribution in [1.82, 2.24) is 4.90 Å². The molecule has 8 nitrogen and oxygen atoms in total. The molecule has 0 radical (unpaired) electrons. The first-order valence-electron chi connectivity index (χ1n) is 12.6. The molecule has 2 aromatic carbocycles. The SMILES string of the molecule is CC(C)C(=O)Oc1c([O-])cc(-c2cc(F)c(F)c3c2Cc2ccccc2SC3)[n+]2c1=C([O-])N1CCOC[C@H]1N=2. The Morgan fingerprint density at radius 1 is 1.23 bits per heavy atom. The lowest BCUT2D eigenvalue weighted by Crippen LogP contribution is -2.59. The molecule has 1 aromatic heterocycles. The second kappa shape index (κ2) is 9.80. The zero-order valence-corrected chi connectivity index (χ0v) is 22.0. The Morgan fingerprint density at radius 3 is 2.82 bits per heavy atom. The highest BCUT2D eigenvalue weighted by molar-refractivity contribution is 7.98. The van der Waals surface area contributed by atoms with Crippen molar-refractivity contribution in [2.75, 3.05) is 19.8 Å². The van der Waals surface area contributed by atoms with E-state index in [1.54, 1.807) is 13.8 Å². The third-order valence-electron chi connectivity index (χ3n) is 7.06. The third kappa shape index (κ3) is 4.29. The highest BCUT2D eigenvalue weighted by Gasteiger charge is 2.35. The van der Waals surface area contributed by atoms with Gasteiger partial charge in [0.15, 0.2) is 17.4 Å². The fourth-order valence-corrected chi connectivity index (χ4v) is 6.12. The Kier molecular flexibility index (Phi) is 6.43. The highest BCUT2D eigenvalue weighted by atomic mass is 32.2. The van der Waals surface area contributed by atoms with Crippen LogP contribution in [-0.4, -0.2) is 36.8 Å². The van der Waals surface area contributed by atoms with Crippen LogP contribution in [0.3, 0.4) is 0 Å². The van der Waals surface area contributed by atoms with Gasteiger partial charge in [-0.25, -0.2) is 8.78 Å². The molecule has 0 amide bonds. The van der Waals surface area contributed by atoms with Gasteiger partial charge in [-0.15, -0.1) is 11.8 Å². The van der Waals surface area contributed by atoms with Crippen molar-refractivity contribution in [3.63, 3.8) is 0 Å². The van der Waals surface area contributed by atoms with E-state index in [1.807, 2.05) is 24.3 Å². The van der Waals surface area contributed by atoms with Gasteiger partial charge in [0.05, 0.1) is 24.7 Å². The summed E-state index contributed by atoms with van der Waals surface area (Å²) in [6, 6.07) is 9.81. The molecule has 202 valence electrons. The van der Waals surface area contributed by atoms with E-state index >= 15 is 8.78 Å². The third-order valence-corrected chi connectivity index (χ3v) is 8.20. The number of benzene rings is 2. The van der Waals surface area contributed by atoms with Gasteiger partial charge in [-0.3, -0.25) is 4.79 Å². The molecule has 0 spiro atoms. The van der Waals surface area contributed by atoms with E-state index in [0.29, 0.717) is 5.56 Å². The second-order valence-electron chi connectivity index (χ2n) is 9.88. The second-order valence-corrected chi connectivity index (χ2v) is 10.9. The minimum Gasteiger partial charge on any atom is -0.870 e. The molecular formula is C28H24F2N3O5S-. The smallest absolute Gasteiger partial charge is 0.313 e. The minimum absolute atomic E-state index is 0.109. The molecule has 0 unspecified atom stereocenters. The molecule has 0 aliphatic carbocycles. The number of aromatic nitrogens is 1. The molecule has 3 aliphatic heterocycles. The first kappa shape index (κ1) is 25.6. The van der Waals surface area contributed by atoms with Gasteiger partial charge in [0.25, 0.3) is 5.35 Å². The molecule has 11 heteroatoms. The van der Waals surface area contributed by atoms with Gasteiger partial charge in [0.1, 0.15) is 0 Å². The summed E-state index contributed by atoms with van der Waals surface area (Å²) in [7, 11) is 0. The van der Waals surface area contributed by atoms with Crippen molar-refractivity contribution < 1.29 is 37.6 Å². The van der Waals surface area contributed by atoms with E-state index in [0.717, 1.165) is 16.5 Å². The van der Waals surface area contributed by atoms with Crippen LogP contribution in [0, 0.1) is 17.6 Å². The minimum atomic E-state index is -1.07. The molecule has 3 aliphatic rings. The van der Waals surface area contributed by atoms with Crippen LogP contribution in [0.2, 0.25) is 0 Å². The summed E-state index contributed by atoms with van der Waals surface area (Å²) < 4.78 is 42.4. The van der Waals surface area contributed by atoms with Crippen molar-refractivity contribution in [2.45, 2.75) is 37.1 Å².